The fraction of sp³-hybridized carbons (Fsp3) is 0.667. The zero-order valence-corrected chi connectivity index (χ0v) is 10.9. The van der Waals surface area contributed by atoms with Gasteiger partial charge in [0.25, 0.3) is 0 Å². The Morgan fingerprint density at radius 1 is 1.41 bits per heavy atom. The summed E-state index contributed by atoms with van der Waals surface area (Å²) in [6.07, 6.45) is 1.58. The second-order valence-electron chi connectivity index (χ2n) is 5.37. The van der Waals surface area contributed by atoms with Gasteiger partial charge in [0.05, 0.1) is 24.3 Å². The maximum atomic E-state index is 11.9. The summed E-state index contributed by atoms with van der Waals surface area (Å²) in [5.41, 5.74) is 1.64. The molecule has 94 valence electrons. The molecule has 0 bridgehead atoms. The van der Waals surface area contributed by atoms with E-state index in [0.717, 1.165) is 17.9 Å². The Morgan fingerprint density at radius 3 is 2.76 bits per heavy atom. The Hall–Kier alpha value is -1.52. The second kappa shape index (κ2) is 4.05. The van der Waals surface area contributed by atoms with Crippen molar-refractivity contribution in [2.24, 2.45) is 0 Å². The molecule has 0 aromatic carbocycles. The van der Waals surface area contributed by atoms with Crippen molar-refractivity contribution in [1.29, 1.82) is 0 Å². The van der Waals surface area contributed by atoms with Gasteiger partial charge < -0.3 is 14.2 Å². The summed E-state index contributed by atoms with van der Waals surface area (Å²) in [5.74, 6) is 0. The van der Waals surface area contributed by atoms with Crippen molar-refractivity contribution in [2.45, 2.75) is 46.4 Å². The topological polar surface area (TPSA) is 47.4 Å². The van der Waals surface area contributed by atoms with Crippen LogP contribution < -0.4 is 0 Å². The van der Waals surface area contributed by atoms with Gasteiger partial charge in [-0.3, -0.25) is 0 Å². The SMILES string of the molecule is Cc1ncn2c1CN(C(=O)OC(C)(C)C)CC2. The van der Waals surface area contributed by atoms with Crippen LogP contribution in [0.25, 0.3) is 0 Å². The highest BCUT2D eigenvalue weighted by molar-refractivity contribution is 5.68. The van der Waals surface area contributed by atoms with Crippen LogP contribution in [0.1, 0.15) is 32.2 Å². The minimum Gasteiger partial charge on any atom is -0.444 e. The van der Waals surface area contributed by atoms with Crippen molar-refractivity contribution in [1.82, 2.24) is 14.5 Å². The molecule has 0 saturated heterocycles. The van der Waals surface area contributed by atoms with E-state index in [0.29, 0.717) is 13.1 Å². The highest BCUT2D eigenvalue weighted by atomic mass is 16.6. The van der Waals surface area contributed by atoms with E-state index in [9.17, 15) is 4.79 Å². The molecule has 17 heavy (non-hydrogen) atoms. The molecule has 0 radical (unpaired) electrons. The largest absolute Gasteiger partial charge is 0.444 e. The van der Waals surface area contributed by atoms with Crippen molar-refractivity contribution < 1.29 is 9.53 Å². The normalized spacial score (nSPS) is 15.6. The summed E-state index contributed by atoms with van der Waals surface area (Å²) >= 11 is 0. The van der Waals surface area contributed by atoms with Crippen molar-refractivity contribution in [3.05, 3.63) is 17.7 Å². The third kappa shape index (κ3) is 2.60. The fourth-order valence-electron chi connectivity index (χ4n) is 1.88. The van der Waals surface area contributed by atoms with Crippen LogP contribution in [0.4, 0.5) is 4.79 Å². The molecule has 0 saturated carbocycles. The van der Waals surface area contributed by atoms with Crippen LogP contribution in [0.3, 0.4) is 0 Å². The molecule has 0 aliphatic carbocycles. The number of nitrogens with zero attached hydrogens (tertiary/aromatic N) is 3. The summed E-state index contributed by atoms with van der Waals surface area (Å²) < 4.78 is 7.46. The van der Waals surface area contributed by atoms with Crippen LogP contribution in [-0.2, 0) is 17.8 Å². The molecular weight excluding hydrogens is 218 g/mol. The average molecular weight is 237 g/mol. The number of hydrogen-bond acceptors (Lipinski definition) is 3. The molecule has 0 N–H and O–H groups in total. The zero-order valence-electron chi connectivity index (χ0n) is 10.9. The van der Waals surface area contributed by atoms with Gasteiger partial charge >= 0.3 is 6.09 Å². The second-order valence-corrected chi connectivity index (χ2v) is 5.37. The van der Waals surface area contributed by atoms with Crippen LogP contribution in [0, 0.1) is 6.92 Å². The predicted octanol–water partition coefficient (Wildman–Crippen LogP) is 1.94. The van der Waals surface area contributed by atoms with Gasteiger partial charge in [-0.25, -0.2) is 9.78 Å². The van der Waals surface area contributed by atoms with Gasteiger partial charge in [0.15, 0.2) is 0 Å². The van der Waals surface area contributed by atoms with E-state index in [1.807, 2.05) is 34.0 Å². The number of ether oxygens (including phenoxy) is 1. The fourth-order valence-corrected chi connectivity index (χ4v) is 1.88. The minimum atomic E-state index is -0.441. The lowest BCUT2D eigenvalue weighted by molar-refractivity contribution is 0.0199. The minimum absolute atomic E-state index is 0.246. The lowest BCUT2D eigenvalue weighted by Crippen LogP contribution is -2.41. The molecule has 1 amide bonds. The Labute approximate surface area is 101 Å². The van der Waals surface area contributed by atoms with Gasteiger partial charge in [0.2, 0.25) is 0 Å². The number of carbonyl (C=O) groups is 1. The predicted molar refractivity (Wildman–Crippen MR) is 63.6 cm³/mol. The van der Waals surface area contributed by atoms with Crippen LogP contribution in [0.15, 0.2) is 6.33 Å². The molecule has 1 aliphatic heterocycles. The first-order valence-corrected chi connectivity index (χ1v) is 5.85. The van der Waals surface area contributed by atoms with Gasteiger partial charge in [-0.15, -0.1) is 0 Å². The summed E-state index contributed by atoms with van der Waals surface area (Å²) in [6.45, 7) is 9.65. The molecule has 0 fully saturated rings. The maximum absolute atomic E-state index is 11.9. The Morgan fingerprint density at radius 2 is 2.12 bits per heavy atom. The zero-order chi connectivity index (χ0) is 12.6. The Balaban J connectivity index is 2.07. The number of aromatic nitrogens is 2. The van der Waals surface area contributed by atoms with Gasteiger partial charge in [0.1, 0.15) is 5.60 Å². The quantitative estimate of drug-likeness (QED) is 0.692. The van der Waals surface area contributed by atoms with Crippen LogP contribution >= 0.6 is 0 Å². The standard InChI is InChI=1S/C12H19N3O2/c1-9-10-7-14(5-6-15(10)8-13-9)11(16)17-12(2,3)4/h8H,5-7H2,1-4H3. The number of aryl methyl sites for hydroxylation is 1. The first-order valence-electron chi connectivity index (χ1n) is 5.85. The molecule has 0 atom stereocenters. The maximum Gasteiger partial charge on any atom is 0.410 e. The summed E-state index contributed by atoms with van der Waals surface area (Å²) in [7, 11) is 0. The van der Waals surface area contributed by atoms with Crippen molar-refractivity contribution >= 4 is 6.09 Å². The van der Waals surface area contributed by atoms with E-state index in [1.165, 1.54) is 0 Å². The Bertz CT molecular complexity index is 431. The van der Waals surface area contributed by atoms with E-state index in [2.05, 4.69) is 9.55 Å². The van der Waals surface area contributed by atoms with Crippen molar-refractivity contribution in [3.8, 4) is 0 Å². The third-order valence-corrected chi connectivity index (χ3v) is 2.76. The van der Waals surface area contributed by atoms with E-state index in [4.69, 9.17) is 4.74 Å². The lowest BCUT2D eigenvalue weighted by Gasteiger charge is -2.30. The molecule has 0 unspecified atom stereocenters. The van der Waals surface area contributed by atoms with Crippen molar-refractivity contribution in [2.75, 3.05) is 6.54 Å². The molecule has 0 spiro atoms. The molecule has 5 heteroatoms. The third-order valence-electron chi connectivity index (χ3n) is 2.76. The highest BCUT2D eigenvalue weighted by Crippen LogP contribution is 2.18. The summed E-state index contributed by atoms with van der Waals surface area (Å²) in [5, 5.41) is 0. The summed E-state index contributed by atoms with van der Waals surface area (Å²) in [4.78, 5) is 17.9. The number of hydrogen-bond donors (Lipinski definition) is 0. The number of imidazole rings is 1. The van der Waals surface area contributed by atoms with Gasteiger partial charge in [0, 0.05) is 13.1 Å². The first-order chi connectivity index (χ1) is 7.87. The highest BCUT2D eigenvalue weighted by Gasteiger charge is 2.26. The Kier molecular flexibility index (Phi) is 2.85. The molecular formula is C12H19N3O2. The van der Waals surface area contributed by atoms with E-state index in [-0.39, 0.29) is 6.09 Å². The molecule has 1 aromatic heterocycles. The van der Waals surface area contributed by atoms with Crippen molar-refractivity contribution in [3.63, 3.8) is 0 Å². The van der Waals surface area contributed by atoms with Crippen LogP contribution in [0.2, 0.25) is 0 Å². The number of carbonyl (C=O) groups excluding carboxylic acids is 1. The van der Waals surface area contributed by atoms with E-state index in [1.54, 1.807) is 4.90 Å². The van der Waals surface area contributed by atoms with Gasteiger partial charge in [-0.1, -0.05) is 0 Å². The monoisotopic (exact) mass is 237 g/mol. The number of amides is 1. The number of fused-ring (bicyclic) bond motifs is 1. The lowest BCUT2D eigenvalue weighted by atomic mass is 10.2. The van der Waals surface area contributed by atoms with E-state index >= 15 is 0 Å². The average Bonchev–Trinajstić information content (AvgIpc) is 2.57. The smallest absolute Gasteiger partial charge is 0.410 e. The molecule has 1 aromatic rings. The number of rotatable bonds is 0. The van der Waals surface area contributed by atoms with Gasteiger partial charge in [-0.05, 0) is 27.7 Å². The van der Waals surface area contributed by atoms with Gasteiger partial charge in [-0.2, -0.15) is 0 Å². The molecule has 2 rings (SSSR count). The van der Waals surface area contributed by atoms with Crippen LogP contribution in [0.5, 0.6) is 0 Å². The first kappa shape index (κ1) is 12.0. The summed E-state index contributed by atoms with van der Waals surface area (Å²) in [6, 6.07) is 0. The molecule has 2 heterocycles. The molecule has 5 nitrogen and oxygen atoms in total. The van der Waals surface area contributed by atoms with Crippen LogP contribution in [-0.4, -0.2) is 32.7 Å². The van der Waals surface area contributed by atoms with E-state index < -0.39 is 5.60 Å². The molecule has 1 aliphatic rings.